The third-order valence-corrected chi connectivity index (χ3v) is 2.68. The molecule has 0 radical (unpaired) electrons. The van der Waals surface area contributed by atoms with Crippen LogP contribution in [0.5, 0.6) is 0 Å². The maximum absolute atomic E-state index is 5.32. The van der Waals surface area contributed by atoms with E-state index in [0.717, 1.165) is 50.2 Å². The van der Waals surface area contributed by atoms with Crippen LogP contribution in [0.15, 0.2) is 6.07 Å². The molecular formula is C11H18N4O. The second kappa shape index (κ2) is 5.12. The second-order valence-corrected chi connectivity index (χ2v) is 3.75. The van der Waals surface area contributed by atoms with Crippen LogP contribution in [0.25, 0.3) is 0 Å². The van der Waals surface area contributed by atoms with Gasteiger partial charge in [-0.05, 0) is 6.42 Å². The van der Waals surface area contributed by atoms with Gasteiger partial charge in [-0.15, -0.1) is 0 Å². The Bertz CT molecular complexity index is 328. The minimum Gasteiger partial charge on any atom is -0.378 e. The molecule has 1 fully saturated rings. The van der Waals surface area contributed by atoms with Gasteiger partial charge in [-0.25, -0.2) is 4.98 Å². The molecule has 2 heterocycles. The molecule has 1 aromatic heterocycles. The third-order valence-electron chi connectivity index (χ3n) is 2.68. The van der Waals surface area contributed by atoms with Gasteiger partial charge in [0.2, 0.25) is 5.95 Å². The summed E-state index contributed by atoms with van der Waals surface area (Å²) in [5.41, 5.74) is 1.07. The van der Waals surface area contributed by atoms with Gasteiger partial charge in [0, 0.05) is 31.9 Å². The van der Waals surface area contributed by atoms with Crippen molar-refractivity contribution in [2.24, 2.45) is 0 Å². The van der Waals surface area contributed by atoms with Crippen molar-refractivity contribution in [1.29, 1.82) is 0 Å². The zero-order chi connectivity index (χ0) is 11.4. The molecular weight excluding hydrogens is 204 g/mol. The normalized spacial score (nSPS) is 16.2. The number of anilines is 2. The first-order valence-electron chi connectivity index (χ1n) is 5.72. The summed E-state index contributed by atoms with van der Waals surface area (Å²) in [7, 11) is 1.88. The van der Waals surface area contributed by atoms with E-state index in [-0.39, 0.29) is 0 Å². The van der Waals surface area contributed by atoms with Crippen molar-refractivity contribution in [3.8, 4) is 0 Å². The summed E-state index contributed by atoms with van der Waals surface area (Å²) in [5, 5.41) is 3.07. The standard InChI is InChI=1S/C11H18N4O/c1-3-9-8-10(12-2)14-11(13-9)15-4-6-16-7-5-15/h8H,3-7H2,1-2H3,(H,12,13,14). The minimum atomic E-state index is 0.759. The first kappa shape index (κ1) is 11.1. The van der Waals surface area contributed by atoms with Crippen LogP contribution >= 0.6 is 0 Å². The number of aryl methyl sites for hydroxylation is 1. The molecule has 1 N–H and O–H groups in total. The largest absolute Gasteiger partial charge is 0.378 e. The van der Waals surface area contributed by atoms with Gasteiger partial charge in [-0.1, -0.05) is 6.92 Å². The van der Waals surface area contributed by atoms with Gasteiger partial charge in [0.05, 0.1) is 13.2 Å². The molecule has 5 nitrogen and oxygen atoms in total. The monoisotopic (exact) mass is 222 g/mol. The molecule has 0 saturated carbocycles. The van der Waals surface area contributed by atoms with Crippen molar-refractivity contribution in [1.82, 2.24) is 9.97 Å². The number of rotatable bonds is 3. The predicted octanol–water partition coefficient (Wildman–Crippen LogP) is 0.917. The molecule has 2 rings (SSSR count). The first-order chi connectivity index (χ1) is 7.83. The van der Waals surface area contributed by atoms with Crippen LogP contribution < -0.4 is 10.2 Å². The number of hydrogen-bond acceptors (Lipinski definition) is 5. The number of morpholine rings is 1. The number of aromatic nitrogens is 2. The SMILES string of the molecule is CCc1cc(NC)nc(N2CCOCC2)n1. The Labute approximate surface area is 95.8 Å². The smallest absolute Gasteiger partial charge is 0.227 e. The summed E-state index contributed by atoms with van der Waals surface area (Å²) < 4.78 is 5.32. The van der Waals surface area contributed by atoms with Crippen molar-refractivity contribution < 1.29 is 4.74 Å². The lowest BCUT2D eigenvalue weighted by molar-refractivity contribution is 0.122. The Hall–Kier alpha value is -1.36. The topological polar surface area (TPSA) is 50.3 Å². The highest BCUT2D eigenvalue weighted by Crippen LogP contribution is 2.15. The average molecular weight is 222 g/mol. The van der Waals surface area contributed by atoms with Gasteiger partial charge in [0.1, 0.15) is 5.82 Å². The van der Waals surface area contributed by atoms with E-state index in [9.17, 15) is 0 Å². The Morgan fingerprint density at radius 2 is 2.12 bits per heavy atom. The Morgan fingerprint density at radius 1 is 1.38 bits per heavy atom. The number of nitrogens with zero attached hydrogens (tertiary/aromatic N) is 3. The maximum atomic E-state index is 5.32. The highest BCUT2D eigenvalue weighted by Gasteiger charge is 2.14. The van der Waals surface area contributed by atoms with Crippen LogP contribution in [0.1, 0.15) is 12.6 Å². The Balaban J connectivity index is 2.24. The Kier molecular flexibility index (Phi) is 3.56. The van der Waals surface area contributed by atoms with Gasteiger partial charge in [0.25, 0.3) is 0 Å². The van der Waals surface area contributed by atoms with E-state index >= 15 is 0 Å². The summed E-state index contributed by atoms with van der Waals surface area (Å²) in [6, 6.07) is 1.99. The number of nitrogens with one attached hydrogen (secondary N) is 1. The quantitative estimate of drug-likeness (QED) is 0.824. The van der Waals surface area contributed by atoms with Gasteiger partial charge < -0.3 is 15.0 Å². The lowest BCUT2D eigenvalue weighted by Gasteiger charge is -2.27. The van der Waals surface area contributed by atoms with Crippen molar-refractivity contribution in [3.05, 3.63) is 11.8 Å². The summed E-state index contributed by atoms with van der Waals surface area (Å²) in [6.07, 6.45) is 0.925. The summed E-state index contributed by atoms with van der Waals surface area (Å²) in [4.78, 5) is 11.2. The molecule has 0 spiro atoms. The third kappa shape index (κ3) is 2.41. The molecule has 0 aliphatic carbocycles. The van der Waals surface area contributed by atoms with Crippen molar-refractivity contribution in [2.45, 2.75) is 13.3 Å². The molecule has 0 aromatic carbocycles. The number of ether oxygens (including phenoxy) is 1. The van der Waals surface area contributed by atoms with Crippen molar-refractivity contribution in [2.75, 3.05) is 43.6 Å². The van der Waals surface area contributed by atoms with Gasteiger partial charge in [-0.2, -0.15) is 4.98 Å². The highest BCUT2D eigenvalue weighted by molar-refractivity contribution is 5.43. The fraction of sp³-hybridized carbons (Fsp3) is 0.636. The van der Waals surface area contributed by atoms with Crippen LogP contribution in [0.2, 0.25) is 0 Å². The van der Waals surface area contributed by atoms with E-state index in [1.54, 1.807) is 0 Å². The summed E-state index contributed by atoms with van der Waals surface area (Å²) in [6.45, 7) is 5.36. The summed E-state index contributed by atoms with van der Waals surface area (Å²) in [5.74, 6) is 1.69. The second-order valence-electron chi connectivity index (χ2n) is 3.75. The molecule has 5 heteroatoms. The van der Waals surface area contributed by atoms with E-state index in [1.807, 2.05) is 13.1 Å². The lowest BCUT2D eigenvalue weighted by atomic mass is 10.3. The van der Waals surface area contributed by atoms with Crippen LogP contribution in [0.3, 0.4) is 0 Å². The summed E-state index contributed by atoms with van der Waals surface area (Å²) >= 11 is 0. The molecule has 16 heavy (non-hydrogen) atoms. The van der Waals surface area contributed by atoms with E-state index in [0.29, 0.717) is 0 Å². The fourth-order valence-electron chi connectivity index (χ4n) is 1.70. The van der Waals surface area contributed by atoms with Crippen molar-refractivity contribution >= 4 is 11.8 Å². The van der Waals surface area contributed by atoms with E-state index in [4.69, 9.17) is 4.74 Å². The molecule has 0 atom stereocenters. The predicted molar refractivity (Wildman–Crippen MR) is 64.0 cm³/mol. The van der Waals surface area contributed by atoms with E-state index < -0.39 is 0 Å². The fourth-order valence-corrected chi connectivity index (χ4v) is 1.70. The zero-order valence-corrected chi connectivity index (χ0v) is 9.86. The molecule has 1 saturated heterocycles. The minimum absolute atomic E-state index is 0.759. The molecule has 0 amide bonds. The van der Waals surface area contributed by atoms with Crippen LogP contribution in [0.4, 0.5) is 11.8 Å². The van der Waals surface area contributed by atoms with Gasteiger partial charge in [-0.3, -0.25) is 0 Å². The maximum Gasteiger partial charge on any atom is 0.227 e. The highest BCUT2D eigenvalue weighted by atomic mass is 16.5. The van der Waals surface area contributed by atoms with Crippen LogP contribution in [0, 0.1) is 0 Å². The lowest BCUT2D eigenvalue weighted by Crippen LogP contribution is -2.37. The number of hydrogen-bond donors (Lipinski definition) is 1. The van der Waals surface area contributed by atoms with Crippen LogP contribution in [-0.4, -0.2) is 43.3 Å². The average Bonchev–Trinajstić information content (AvgIpc) is 2.39. The van der Waals surface area contributed by atoms with Gasteiger partial charge >= 0.3 is 0 Å². The van der Waals surface area contributed by atoms with E-state index in [2.05, 4.69) is 27.1 Å². The Morgan fingerprint density at radius 3 is 2.75 bits per heavy atom. The van der Waals surface area contributed by atoms with E-state index in [1.165, 1.54) is 0 Å². The molecule has 0 bridgehead atoms. The molecule has 0 unspecified atom stereocenters. The molecule has 1 aromatic rings. The molecule has 88 valence electrons. The van der Waals surface area contributed by atoms with Crippen LogP contribution in [-0.2, 0) is 11.2 Å². The molecule has 1 aliphatic rings. The first-order valence-corrected chi connectivity index (χ1v) is 5.72. The molecule has 1 aliphatic heterocycles. The zero-order valence-electron chi connectivity index (χ0n) is 9.86. The van der Waals surface area contributed by atoms with Gasteiger partial charge in [0.15, 0.2) is 0 Å². The van der Waals surface area contributed by atoms with Crippen molar-refractivity contribution in [3.63, 3.8) is 0 Å².